The highest BCUT2D eigenvalue weighted by Gasteiger charge is 2.11. The Hall–Kier alpha value is -1.80. The van der Waals surface area contributed by atoms with E-state index in [9.17, 15) is 0 Å². The van der Waals surface area contributed by atoms with Gasteiger partial charge in [0.15, 0.2) is 0 Å². The summed E-state index contributed by atoms with van der Waals surface area (Å²) in [6.45, 7) is 5.38. The summed E-state index contributed by atoms with van der Waals surface area (Å²) in [6.07, 6.45) is 7.30. The first-order chi connectivity index (χ1) is 11.7. The first-order valence-electron chi connectivity index (χ1n) is 9.39. The SMILES string of the molecule is CCCCc1ccc(CNC(CCCC)c2cccc(N)c2)cc1. The molecule has 0 aliphatic rings. The Morgan fingerprint density at radius 3 is 2.29 bits per heavy atom. The van der Waals surface area contributed by atoms with E-state index in [4.69, 9.17) is 5.73 Å². The summed E-state index contributed by atoms with van der Waals surface area (Å²) in [5.41, 5.74) is 10.9. The molecule has 0 radical (unpaired) electrons. The zero-order valence-electron chi connectivity index (χ0n) is 15.2. The molecule has 2 nitrogen and oxygen atoms in total. The Bertz CT molecular complexity index is 589. The van der Waals surface area contributed by atoms with Crippen molar-refractivity contribution in [2.45, 2.75) is 65.0 Å². The summed E-state index contributed by atoms with van der Waals surface area (Å²) in [6, 6.07) is 17.7. The van der Waals surface area contributed by atoms with E-state index in [2.05, 4.69) is 55.6 Å². The van der Waals surface area contributed by atoms with Gasteiger partial charge in [-0.3, -0.25) is 0 Å². The molecule has 2 aromatic rings. The van der Waals surface area contributed by atoms with E-state index in [0.717, 1.165) is 18.7 Å². The minimum absolute atomic E-state index is 0.369. The van der Waals surface area contributed by atoms with Crippen molar-refractivity contribution in [3.8, 4) is 0 Å². The third kappa shape index (κ3) is 6.01. The second-order valence-corrected chi connectivity index (χ2v) is 6.67. The number of nitrogens with one attached hydrogen (secondary N) is 1. The molecule has 0 heterocycles. The van der Waals surface area contributed by atoms with Gasteiger partial charge in [0.2, 0.25) is 0 Å². The summed E-state index contributed by atoms with van der Waals surface area (Å²) < 4.78 is 0. The molecule has 2 aromatic carbocycles. The monoisotopic (exact) mass is 324 g/mol. The molecule has 24 heavy (non-hydrogen) atoms. The third-order valence-corrected chi connectivity index (χ3v) is 4.55. The van der Waals surface area contributed by atoms with Crippen LogP contribution in [0.3, 0.4) is 0 Å². The average Bonchev–Trinajstić information content (AvgIpc) is 2.61. The Balaban J connectivity index is 1.96. The smallest absolute Gasteiger partial charge is 0.0324 e. The maximum Gasteiger partial charge on any atom is 0.0324 e. The van der Waals surface area contributed by atoms with Gasteiger partial charge in [0.25, 0.3) is 0 Å². The first-order valence-corrected chi connectivity index (χ1v) is 9.39. The second-order valence-electron chi connectivity index (χ2n) is 6.67. The number of nitrogen functional groups attached to an aromatic ring is 1. The topological polar surface area (TPSA) is 38.0 Å². The van der Waals surface area contributed by atoms with Crippen LogP contribution in [0.1, 0.15) is 68.7 Å². The highest BCUT2D eigenvalue weighted by Crippen LogP contribution is 2.22. The van der Waals surface area contributed by atoms with Gasteiger partial charge in [-0.2, -0.15) is 0 Å². The Morgan fingerprint density at radius 2 is 1.62 bits per heavy atom. The van der Waals surface area contributed by atoms with E-state index in [1.54, 1.807) is 0 Å². The molecule has 2 heteroatoms. The summed E-state index contributed by atoms with van der Waals surface area (Å²) in [5, 5.41) is 3.72. The maximum absolute atomic E-state index is 5.96. The molecule has 0 bridgehead atoms. The second kappa shape index (κ2) is 10.1. The zero-order valence-corrected chi connectivity index (χ0v) is 15.2. The number of anilines is 1. The number of hydrogen-bond donors (Lipinski definition) is 2. The van der Waals surface area contributed by atoms with Gasteiger partial charge in [-0.1, -0.05) is 69.5 Å². The van der Waals surface area contributed by atoms with Gasteiger partial charge in [0, 0.05) is 18.3 Å². The number of aryl methyl sites for hydroxylation is 1. The molecule has 0 aliphatic heterocycles. The summed E-state index contributed by atoms with van der Waals surface area (Å²) in [5.74, 6) is 0. The normalized spacial score (nSPS) is 12.2. The Morgan fingerprint density at radius 1 is 0.917 bits per heavy atom. The fourth-order valence-electron chi connectivity index (χ4n) is 3.02. The van der Waals surface area contributed by atoms with Gasteiger partial charge in [-0.05, 0) is 48.1 Å². The zero-order chi connectivity index (χ0) is 17.2. The standard InChI is InChI=1S/C22H32N2/c1-3-5-8-18-12-14-19(15-13-18)17-24-22(11-6-4-2)20-9-7-10-21(23)16-20/h7,9-10,12-16,22,24H,3-6,8,11,17,23H2,1-2H3. The van der Waals surface area contributed by atoms with Crippen LogP contribution in [0.5, 0.6) is 0 Å². The van der Waals surface area contributed by atoms with Crippen LogP contribution < -0.4 is 11.1 Å². The van der Waals surface area contributed by atoms with E-state index < -0.39 is 0 Å². The number of benzene rings is 2. The third-order valence-electron chi connectivity index (χ3n) is 4.55. The van der Waals surface area contributed by atoms with Gasteiger partial charge in [-0.25, -0.2) is 0 Å². The van der Waals surface area contributed by atoms with Crippen molar-refractivity contribution < 1.29 is 0 Å². The summed E-state index contributed by atoms with van der Waals surface area (Å²) >= 11 is 0. The van der Waals surface area contributed by atoms with E-state index in [1.807, 2.05) is 12.1 Å². The number of unbranched alkanes of at least 4 members (excludes halogenated alkanes) is 2. The largest absolute Gasteiger partial charge is 0.399 e. The molecule has 0 fully saturated rings. The lowest BCUT2D eigenvalue weighted by atomic mass is 10.00. The van der Waals surface area contributed by atoms with E-state index in [-0.39, 0.29) is 0 Å². The summed E-state index contributed by atoms with van der Waals surface area (Å²) in [7, 11) is 0. The molecule has 0 aliphatic carbocycles. The molecule has 3 N–H and O–H groups in total. The Kier molecular flexibility index (Phi) is 7.84. The fraction of sp³-hybridized carbons (Fsp3) is 0.455. The molecule has 0 saturated carbocycles. The van der Waals surface area contributed by atoms with Gasteiger partial charge in [-0.15, -0.1) is 0 Å². The van der Waals surface area contributed by atoms with Gasteiger partial charge >= 0.3 is 0 Å². The van der Waals surface area contributed by atoms with Crippen LogP contribution in [0, 0.1) is 0 Å². The highest BCUT2D eigenvalue weighted by atomic mass is 14.9. The minimum atomic E-state index is 0.369. The van der Waals surface area contributed by atoms with Gasteiger partial charge in [0.05, 0.1) is 0 Å². The Labute approximate surface area is 147 Å². The predicted octanol–water partition coefficient (Wildman–Crippen LogP) is 5.63. The lowest BCUT2D eigenvalue weighted by Gasteiger charge is -2.20. The van der Waals surface area contributed by atoms with Crippen molar-refractivity contribution >= 4 is 5.69 Å². The molecule has 0 spiro atoms. The van der Waals surface area contributed by atoms with E-state index in [0.29, 0.717) is 6.04 Å². The number of rotatable bonds is 10. The van der Waals surface area contributed by atoms with Crippen molar-refractivity contribution in [2.24, 2.45) is 0 Å². The molecular weight excluding hydrogens is 292 g/mol. The molecule has 0 amide bonds. The van der Waals surface area contributed by atoms with Crippen LogP contribution in [-0.2, 0) is 13.0 Å². The molecule has 1 unspecified atom stereocenters. The van der Waals surface area contributed by atoms with Crippen molar-refractivity contribution in [3.63, 3.8) is 0 Å². The van der Waals surface area contributed by atoms with E-state index >= 15 is 0 Å². The van der Waals surface area contributed by atoms with Crippen LogP contribution >= 0.6 is 0 Å². The molecule has 2 rings (SSSR count). The molecule has 130 valence electrons. The van der Waals surface area contributed by atoms with Gasteiger partial charge in [0.1, 0.15) is 0 Å². The molecule has 1 atom stereocenters. The summed E-state index contributed by atoms with van der Waals surface area (Å²) in [4.78, 5) is 0. The fourth-order valence-corrected chi connectivity index (χ4v) is 3.02. The van der Waals surface area contributed by atoms with E-state index in [1.165, 1.54) is 48.8 Å². The lowest BCUT2D eigenvalue weighted by molar-refractivity contribution is 0.481. The molecule has 0 aromatic heterocycles. The maximum atomic E-state index is 5.96. The molecule has 0 saturated heterocycles. The lowest BCUT2D eigenvalue weighted by Crippen LogP contribution is -2.21. The van der Waals surface area contributed by atoms with Crippen LogP contribution in [0.25, 0.3) is 0 Å². The van der Waals surface area contributed by atoms with Crippen molar-refractivity contribution in [3.05, 3.63) is 65.2 Å². The van der Waals surface area contributed by atoms with Gasteiger partial charge < -0.3 is 11.1 Å². The first kappa shape index (κ1) is 18.5. The number of nitrogens with two attached hydrogens (primary N) is 1. The average molecular weight is 325 g/mol. The quantitative estimate of drug-likeness (QED) is 0.556. The minimum Gasteiger partial charge on any atom is -0.399 e. The van der Waals surface area contributed by atoms with Crippen LogP contribution in [0.4, 0.5) is 5.69 Å². The van der Waals surface area contributed by atoms with Crippen molar-refractivity contribution in [2.75, 3.05) is 5.73 Å². The van der Waals surface area contributed by atoms with Crippen LogP contribution in [0.2, 0.25) is 0 Å². The molecular formula is C22H32N2. The number of hydrogen-bond acceptors (Lipinski definition) is 2. The highest BCUT2D eigenvalue weighted by molar-refractivity contribution is 5.41. The van der Waals surface area contributed by atoms with Crippen molar-refractivity contribution in [1.82, 2.24) is 5.32 Å². The van der Waals surface area contributed by atoms with Crippen LogP contribution in [-0.4, -0.2) is 0 Å². The van der Waals surface area contributed by atoms with Crippen molar-refractivity contribution in [1.29, 1.82) is 0 Å². The van der Waals surface area contributed by atoms with Crippen LogP contribution in [0.15, 0.2) is 48.5 Å². The predicted molar refractivity (Wildman–Crippen MR) is 105 cm³/mol.